The highest BCUT2D eigenvalue weighted by Crippen LogP contribution is 2.29. The Morgan fingerprint density at radius 1 is 1.11 bits per heavy atom. The molecule has 0 aliphatic carbocycles. The summed E-state index contributed by atoms with van der Waals surface area (Å²) in [6, 6.07) is 13.2. The topological polar surface area (TPSA) is 89.1 Å². The van der Waals surface area contributed by atoms with E-state index in [-0.39, 0.29) is 24.0 Å². The SMILES string of the molecule is COc1cc(CNC(=O)C2CCCN(C(=O)Nc3cccc(C)c3)C2)ccc1OCC1CCCO1. The predicted octanol–water partition coefficient (Wildman–Crippen LogP) is 4.12. The van der Waals surface area contributed by atoms with Crippen LogP contribution in [0.2, 0.25) is 0 Å². The first-order valence-electron chi connectivity index (χ1n) is 12.3. The van der Waals surface area contributed by atoms with Crippen LogP contribution in [0.4, 0.5) is 10.5 Å². The molecular weight excluding hydrogens is 446 g/mol. The summed E-state index contributed by atoms with van der Waals surface area (Å²) in [6.45, 7) is 4.71. The zero-order valence-electron chi connectivity index (χ0n) is 20.5. The summed E-state index contributed by atoms with van der Waals surface area (Å²) < 4.78 is 17.0. The molecule has 0 radical (unpaired) electrons. The number of likely N-dealkylation sites (tertiary alicyclic amines) is 1. The molecular formula is C27H35N3O5. The molecule has 2 aromatic carbocycles. The zero-order chi connectivity index (χ0) is 24.6. The van der Waals surface area contributed by atoms with Gasteiger partial charge >= 0.3 is 6.03 Å². The van der Waals surface area contributed by atoms with Crippen molar-refractivity contribution in [3.05, 3.63) is 53.6 Å². The van der Waals surface area contributed by atoms with Gasteiger partial charge in [0, 0.05) is 31.9 Å². The van der Waals surface area contributed by atoms with Crippen molar-refractivity contribution in [2.75, 3.05) is 38.7 Å². The molecule has 4 rings (SSSR count). The number of carbonyl (C=O) groups excluding carboxylic acids is 2. The van der Waals surface area contributed by atoms with Crippen molar-refractivity contribution in [3.8, 4) is 11.5 Å². The largest absolute Gasteiger partial charge is 0.493 e. The third-order valence-electron chi connectivity index (χ3n) is 6.49. The number of anilines is 1. The summed E-state index contributed by atoms with van der Waals surface area (Å²) in [6.07, 6.45) is 3.77. The highest BCUT2D eigenvalue weighted by atomic mass is 16.5. The molecule has 2 aliphatic heterocycles. The number of urea groups is 1. The molecule has 2 aliphatic rings. The van der Waals surface area contributed by atoms with E-state index in [4.69, 9.17) is 14.2 Å². The van der Waals surface area contributed by atoms with Crippen LogP contribution in [0.3, 0.4) is 0 Å². The lowest BCUT2D eigenvalue weighted by Crippen LogP contribution is -2.46. The van der Waals surface area contributed by atoms with Crippen molar-refractivity contribution in [1.29, 1.82) is 0 Å². The number of carbonyl (C=O) groups is 2. The molecule has 0 aromatic heterocycles. The Kier molecular flexibility index (Phi) is 8.47. The minimum absolute atomic E-state index is 0.0456. The smallest absolute Gasteiger partial charge is 0.321 e. The van der Waals surface area contributed by atoms with Gasteiger partial charge in [0.1, 0.15) is 6.61 Å². The molecule has 0 saturated carbocycles. The normalized spacial score (nSPS) is 19.8. The molecule has 2 N–H and O–H groups in total. The van der Waals surface area contributed by atoms with Crippen LogP contribution >= 0.6 is 0 Å². The number of hydrogen-bond acceptors (Lipinski definition) is 5. The second-order valence-electron chi connectivity index (χ2n) is 9.23. The van der Waals surface area contributed by atoms with E-state index in [1.54, 1.807) is 12.0 Å². The van der Waals surface area contributed by atoms with Crippen molar-refractivity contribution >= 4 is 17.6 Å². The van der Waals surface area contributed by atoms with Crippen LogP contribution < -0.4 is 20.1 Å². The second-order valence-corrected chi connectivity index (χ2v) is 9.23. The third-order valence-corrected chi connectivity index (χ3v) is 6.49. The van der Waals surface area contributed by atoms with E-state index in [0.717, 1.165) is 49.1 Å². The molecule has 2 aromatic rings. The molecule has 2 heterocycles. The first kappa shape index (κ1) is 24.9. The van der Waals surface area contributed by atoms with Crippen LogP contribution in [0.15, 0.2) is 42.5 Å². The summed E-state index contributed by atoms with van der Waals surface area (Å²) in [4.78, 5) is 27.3. The lowest BCUT2D eigenvalue weighted by Gasteiger charge is -2.32. The molecule has 2 unspecified atom stereocenters. The van der Waals surface area contributed by atoms with Gasteiger partial charge in [0.05, 0.1) is 19.1 Å². The second kappa shape index (κ2) is 11.9. The molecule has 0 bridgehead atoms. The van der Waals surface area contributed by atoms with E-state index >= 15 is 0 Å². The molecule has 2 fully saturated rings. The highest BCUT2D eigenvalue weighted by molar-refractivity contribution is 5.90. The number of amides is 3. The van der Waals surface area contributed by atoms with Gasteiger partial charge in [0.25, 0.3) is 0 Å². The van der Waals surface area contributed by atoms with E-state index in [1.807, 2.05) is 49.4 Å². The van der Waals surface area contributed by atoms with E-state index in [9.17, 15) is 9.59 Å². The van der Waals surface area contributed by atoms with Gasteiger partial charge in [-0.25, -0.2) is 4.79 Å². The standard InChI is InChI=1S/C27H35N3O5/c1-19-6-3-8-22(14-19)29-27(32)30-12-4-7-21(17-30)26(31)28-16-20-10-11-24(25(15-20)33-2)35-18-23-9-5-13-34-23/h3,6,8,10-11,14-15,21,23H,4-5,7,9,12-13,16-18H2,1-2H3,(H,28,31)(H,29,32). The number of methoxy groups -OCH3 is 1. The fourth-order valence-corrected chi connectivity index (χ4v) is 4.53. The number of rotatable bonds is 8. The summed E-state index contributed by atoms with van der Waals surface area (Å²) in [5.41, 5.74) is 2.76. The van der Waals surface area contributed by atoms with Crippen molar-refractivity contribution in [2.24, 2.45) is 5.92 Å². The Morgan fingerprint density at radius 2 is 2.00 bits per heavy atom. The van der Waals surface area contributed by atoms with Crippen LogP contribution in [0.5, 0.6) is 11.5 Å². The first-order valence-corrected chi connectivity index (χ1v) is 12.3. The molecule has 188 valence electrons. The van der Waals surface area contributed by atoms with Crippen molar-refractivity contribution in [1.82, 2.24) is 10.2 Å². The quantitative estimate of drug-likeness (QED) is 0.592. The Hall–Kier alpha value is -3.26. The van der Waals surface area contributed by atoms with Crippen LogP contribution in [0.25, 0.3) is 0 Å². The average molecular weight is 482 g/mol. The number of benzene rings is 2. The minimum atomic E-state index is -0.233. The zero-order valence-corrected chi connectivity index (χ0v) is 20.5. The van der Waals surface area contributed by atoms with E-state index < -0.39 is 0 Å². The number of nitrogens with zero attached hydrogens (tertiary/aromatic N) is 1. The van der Waals surface area contributed by atoms with Gasteiger partial charge in [-0.15, -0.1) is 0 Å². The maximum Gasteiger partial charge on any atom is 0.321 e. The fourth-order valence-electron chi connectivity index (χ4n) is 4.53. The average Bonchev–Trinajstić information content (AvgIpc) is 3.40. The van der Waals surface area contributed by atoms with Gasteiger partial charge in [-0.05, 0) is 68.0 Å². The maximum atomic E-state index is 12.9. The number of piperidine rings is 1. The number of hydrogen-bond donors (Lipinski definition) is 2. The molecule has 0 spiro atoms. The van der Waals surface area contributed by atoms with E-state index in [0.29, 0.717) is 37.7 Å². The predicted molar refractivity (Wildman–Crippen MR) is 134 cm³/mol. The van der Waals surface area contributed by atoms with Crippen molar-refractivity contribution in [2.45, 2.75) is 45.3 Å². The highest BCUT2D eigenvalue weighted by Gasteiger charge is 2.28. The van der Waals surface area contributed by atoms with E-state index in [1.165, 1.54) is 0 Å². The Labute approximate surface area is 206 Å². The van der Waals surface area contributed by atoms with Crippen LogP contribution in [-0.2, 0) is 16.1 Å². The first-order chi connectivity index (χ1) is 17.0. The van der Waals surface area contributed by atoms with Crippen molar-refractivity contribution in [3.63, 3.8) is 0 Å². The van der Waals surface area contributed by atoms with Gasteiger partial charge in [0.15, 0.2) is 11.5 Å². The van der Waals surface area contributed by atoms with Gasteiger partial charge in [-0.1, -0.05) is 18.2 Å². The molecule has 2 atom stereocenters. The van der Waals surface area contributed by atoms with Crippen LogP contribution in [0.1, 0.15) is 36.8 Å². The number of ether oxygens (including phenoxy) is 3. The molecule has 8 nitrogen and oxygen atoms in total. The van der Waals surface area contributed by atoms with E-state index in [2.05, 4.69) is 10.6 Å². The fraction of sp³-hybridized carbons (Fsp3) is 0.481. The Balaban J connectivity index is 1.27. The summed E-state index contributed by atoms with van der Waals surface area (Å²) in [5, 5.41) is 5.96. The Morgan fingerprint density at radius 3 is 2.77 bits per heavy atom. The lowest BCUT2D eigenvalue weighted by atomic mass is 9.97. The van der Waals surface area contributed by atoms with Gasteiger partial charge in [-0.3, -0.25) is 4.79 Å². The molecule has 35 heavy (non-hydrogen) atoms. The summed E-state index contributed by atoms with van der Waals surface area (Å²) in [7, 11) is 1.61. The monoisotopic (exact) mass is 481 g/mol. The number of nitrogens with one attached hydrogen (secondary N) is 2. The van der Waals surface area contributed by atoms with Gasteiger partial charge < -0.3 is 29.7 Å². The number of aryl methyl sites for hydroxylation is 1. The molecule has 8 heteroatoms. The Bertz CT molecular complexity index is 1020. The van der Waals surface area contributed by atoms with Crippen LogP contribution in [0, 0.1) is 12.8 Å². The van der Waals surface area contributed by atoms with Gasteiger partial charge in [-0.2, -0.15) is 0 Å². The summed E-state index contributed by atoms with van der Waals surface area (Å²) in [5.74, 6) is 1.02. The van der Waals surface area contributed by atoms with Crippen LogP contribution in [-0.4, -0.2) is 56.4 Å². The molecule has 2 saturated heterocycles. The summed E-state index contributed by atoms with van der Waals surface area (Å²) >= 11 is 0. The lowest BCUT2D eigenvalue weighted by molar-refractivity contribution is -0.126. The minimum Gasteiger partial charge on any atom is -0.493 e. The van der Waals surface area contributed by atoms with Crippen molar-refractivity contribution < 1.29 is 23.8 Å². The van der Waals surface area contributed by atoms with Gasteiger partial charge in [0.2, 0.25) is 5.91 Å². The third kappa shape index (κ3) is 6.88. The molecule has 3 amide bonds. The maximum absolute atomic E-state index is 12.9.